The molecular weight excluding hydrogens is 335 g/mol. The maximum atomic E-state index is 12.1. The van der Waals surface area contributed by atoms with Crippen molar-refractivity contribution in [1.29, 1.82) is 0 Å². The van der Waals surface area contributed by atoms with Crippen LogP contribution in [0.25, 0.3) is 10.9 Å². The molecule has 23 heavy (non-hydrogen) atoms. The van der Waals surface area contributed by atoms with E-state index in [4.69, 9.17) is 23.2 Å². The quantitative estimate of drug-likeness (QED) is 0.758. The van der Waals surface area contributed by atoms with Crippen molar-refractivity contribution in [2.24, 2.45) is 0 Å². The number of hydrogen-bond acceptors (Lipinski definition) is 2. The van der Waals surface area contributed by atoms with Gasteiger partial charge in [0.05, 0.1) is 10.0 Å². The summed E-state index contributed by atoms with van der Waals surface area (Å²) in [5.74, 6) is -0.323. The number of nitrogens with one attached hydrogen (secondary N) is 2. The molecule has 0 bridgehead atoms. The lowest BCUT2D eigenvalue weighted by molar-refractivity contribution is 0.0951. The second-order valence-electron chi connectivity index (χ2n) is 5.02. The highest BCUT2D eigenvalue weighted by atomic mass is 35.5. The number of para-hydroxylation sites is 1. The first-order chi connectivity index (χ1) is 11.0. The van der Waals surface area contributed by atoms with E-state index in [9.17, 15) is 9.59 Å². The average Bonchev–Trinajstić information content (AvgIpc) is 2.55. The van der Waals surface area contributed by atoms with Crippen LogP contribution >= 0.6 is 23.2 Å². The van der Waals surface area contributed by atoms with E-state index in [1.807, 2.05) is 24.3 Å². The van der Waals surface area contributed by atoms with E-state index in [1.165, 1.54) is 6.07 Å². The lowest BCUT2D eigenvalue weighted by Gasteiger charge is -2.07. The van der Waals surface area contributed by atoms with Crippen LogP contribution < -0.4 is 10.9 Å². The Morgan fingerprint density at radius 2 is 1.83 bits per heavy atom. The van der Waals surface area contributed by atoms with E-state index < -0.39 is 0 Å². The molecule has 3 rings (SSSR count). The zero-order valence-electron chi connectivity index (χ0n) is 11.9. The number of aromatic nitrogens is 1. The minimum absolute atomic E-state index is 0.124. The van der Waals surface area contributed by atoms with Crippen molar-refractivity contribution in [3.8, 4) is 0 Å². The molecule has 0 aliphatic rings. The summed E-state index contributed by atoms with van der Waals surface area (Å²) in [6.45, 7) is 0.124. The largest absolute Gasteiger partial charge is 0.348 e. The summed E-state index contributed by atoms with van der Waals surface area (Å²) in [6.07, 6.45) is 0. The maximum Gasteiger partial charge on any atom is 0.253 e. The molecule has 0 atom stereocenters. The van der Waals surface area contributed by atoms with Gasteiger partial charge in [0, 0.05) is 23.2 Å². The average molecular weight is 347 g/mol. The van der Waals surface area contributed by atoms with Gasteiger partial charge in [-0.15, -0.1) is 0 Å². The highest BCUT2D eigenvalue weighted by Gasteiger charge is 2.09. The first kappa shape index (κ1) is 15.6. The van der Waals surface area contributed by atoms with Crippen molar-refractivity contribution < 1.29 is 4.79 Å². The summed E-state index contributed by atoms with van der Waals surface area (Å²) in [5, 5.41) is 4.31. The predicted molar refractivity (Wildman–Crippen MR) is 92.2 cm³/mol. The molecule has 0 aliphatic heterocycles. The van der Waals surface area contributed by atoms with Crippen LogP contribution in [0.1, 0.15) is 15.9 Å². The van der Waals surface area contributed by atoms with Crippen molar-refractivity contribution in [3.05, 3.63) is 80.1 Å². The van der Waals surface area contributed by atoms with Gasteiger partial charge < -0.3 is 10.3 Å². The number of hydrogen-bond donors (Lipinski definition) is 2. The van der Waals surface area contributed by atoms with Crippen molar-refractivity contribution in [3.63, 3.8) is 0 Å². The van der Waals surface area contributed by atoms with Crippen LogP contribution in [0.3, 0.4) is 0 Å². The summed E-state index contributed by atoms with van der Waals surface area (Å²) in [5.41, 5.74) is 1.41. The number of benzene rings is 2. The summed E-state index contributed by atoms with van der Waals surface area (Å²) in [6, 6.07) is 13.9. The Kier molecular flexibility index (Phi) is 4.37. The smallest absolute Gasteiger partial charge is 0.253 e. The Labute approximate surface area is 142 Å². The van der Waals surface area contributed by atoms with Gasteiger partial charge in [-0.3, -0.25) is 9.59 Å². The fraction of sp³-hybridized carbons (Fsp3) is 0.0588. The molecule has 0 unspecified atom stereocenters. The van der Waals surface area contributed by atoms with E-state index in [-0.39, 0.29) is 18.0 Å². The van der Waals surface area contributed by atoms with Gasteiger partial charge in [0.2, 0.25) is 0 Å². The van der Waals surface area contributed by atoms with Crippen LogP contribution in [0.2, 0.25) is 10.0 Å². The van der Waals surface area contributed by atoms with Gasteiger partial charge in [0.15, 0.2) is 0 Å². The second-order valence-corrected chi connectivity index (χ2v) is 5.84. The van der Waals surface area contributed by atoms with Gasteiger partial charge in [-0.2, -0.15) is 0 Å². The zero-order chi connectivity index (χ0) is 16.4. The number of rotatable bonds is 3. The molecule has 0 saturated heterocycles. The van der Waals surface area contributed by atoms with Gasteiger partial charge in [0.25, 0.3) is 11.5 Å². The molecule has 4 nitrogen and oxygen atoms in total. The van der Waals surface area contributed by atoms with Crippen molar-refractivity contribution in [2.45, 2.75) is 6.54 Å². The van der Waals surface area contributed by atoms with E-state index in [0.29, 0.717) is 21.2 Å². The molecule has 1 amide bonds. The summed E-state index contributed by atoms with van der Waals surface area (Å²) in [4.78, 5) is 27.0. The molecule has 0 saturated carbocycles. The molecule has 2 N–H and O–H groups in total. The van der Waals surface area contributed by atoms with Crippen LogP contribution in [-0.4, -0.2) is 10.9 Å². The van der Waals surface area contributed by atoms with Gasteiger partial charge in [-0.05, 0) is 35.7 Å². The summed E-state index contributed by atoms with van der Waals surface area (Å²) >= 11 is 11.7. The fourth-order valence-electron chi connectivity index (χ4n) is 2.24. The van der Waals surface area contributed by atoms with Crippen molar-refractivity contribution in [1.82, 2.24) is 10.3 Å². The normalized spacial score (nSPS) is 10.7. The third kappa shape index (κ3) is 3.38. The molecule has 0 fully saturated rings. The number of carbonyl (C=O) groups excluding carboxylic acids is 1. The molecule has 1 heterocycles. The Balaban J connectivity index is 1.80. The minimum Gasteiger partial charge on any atom is -0.348 e. The molecule has 0 radical (unpaired) electrons. The number of halogens is 2. The lowest BCUT2D eigenvalue weighted by Crippen LogP contribution is -2.26. The van der Waals surface area contributed by atoms with E-state index >= 15 is 0 Å². The van der Waals surface area contributed by atoms with E-state index in [1.54, 1.807) is 18.2 Å². The van der Waals surface area contributed by atoms with Crippen LogP contribution in [0.15, 0.2) is 53.3 Å². The zero-order valence-corrected chi connectivity index (χ0v) is 13.4. The number of H-pyrrole nitrogens is 1. The first-order valence-electron chi connectivity index (χ1n) is 6.89. The number of pyridine rings is 1. The molecule has 6 heteroatoms. The number of aromatic amines is 1. The molecule has 116 valence electrons. The lowest BCUT2D eigenvalue weighted by atomic mass is 10.1. The third-order valence-electron chi connectivity index (χ3n) is 3.45. The maximum absolute atomic E-state index is 12.1. The number of fused-ring (bicyclic) bond motifs is 1. The Morgan fingerprint density at radius 3 is 2.61 bits per heavy atom. The molecule has 0 spiro atoms. The SMILES string of the molecule is O=C(NCc1cc2ccccc2[nH]c1=O)c1ccc(Cl)c(Cl)c1. The Bertz CT molecular complexity index is 951. The standard InChI is InChI=1S/C17H12Cl2N2O2/c18-13-6-5-11(8-14(13)19)16(22)20-9-12-7-10-3-1-2-4-15(10)21-17(12)23/h1-8H,9H2,(H,20,22)(H,21,23). The molecule has 0 aliphatic carbocycles. The first-order valence-corrected chi connectivity index (χ1v) is 7.64. The van der Waals surface area contributed by atoms with E-state index in [2.05, 4.69) is 10.3 Å². The highest BCUT2D eigenvalue weighted by molar-refractivity contribution is 6.42. The molecule has 3 aromatic rings. The topological polar surface area (TPSA) is 62.0 Å². The molecule has 2 aromatic carbocycles. The van der Waals surface area contributed by atoms with Crippen molar-refractivity contribution in [2.75, 3.05) is 0 Å². The van der Waals surface area contributed by atoms with Gasteiger partial charge in [-0.1, -0.05) is 41.4 Å². The van der Waals surface area contributed by atoms with Crippen LogP contribution in [-0.2, 0) is 6.54 Å². The monoisotopic (exact) mass is 346 g/mol. The third-order valence-corrected chi connectivity index (χ3v) is 4.19. The Hall–Kier alpha value is -2.30. The second kappa shape index (κ2) is 6.44. The number of carbonyl (C=O) groups is 1. The minimum atomic E-state index is -0.323. The summed E-state index contributed by atoms with van der Waals surface area (Å²) < 4.78 is 0. The van der Waals surface area contributed by atoms with Gasteiger partial charge in [-0.25, -0.2) is 0 Å². The van der Waals surface area contributed by atoms with Crippen molar-refractivity contribution >= 4 is 40.0 Å². The molecular formula is C17H12Cl2N2O2. The highest BCUT2D eigenvalue weighted by Crippen LogP contribution is 2.22. The van der Waals surface area contributed by atoms with Crippen LogP contribution in [0.4, 0.5) is 0 Å². The summed E-state index contributed by atoms with van der Waals surface area (Å²) in [7, 11) is 0. The Morgan fingerprint density at radius 1 is 1.04 bits per heavy atom. The molecule has 1 aromatic heterocycles. The van der Waals surface area contributed by atoms with Gasteiger partial charge in [0.1, 0.15) is 0 Å². The fourth-order valence-corrected chi connectivity index (χ4v) is 2.54. The predicted octanol–water partition coefficient (Wildman–Crippen LogP) is 3.76. The van der Waals surface area contributed by atoms with E-state index in [0.717, 1.165) is 10.9 Å². The van der Waals surface area contributed by atoms with Crippen LogP contribution in [0.5, 0.6) is 0 Å². The number of amides is 1. The van der Waals surface area contributed by atoms with Gasteiger partial charge >= 0.3 is 0 Å². The van der Waals surface area contributed by atoms with Crippen LogP contribution in [0, 0.1) is 0 Å².